The summed E-state index contributed by atoms with van der Waals surface area (Å²) in [4.78, 5) is 3.79. The molecule has 0 aliphatic heterocycles. The van der Waals surface area contributed by atoms with Crippen molar-refractivity contribution in [2.24, 2.45) is 5.92 Å². The van der Waals surface area contributed by atoms with Crippen LogP contribution < -0.4 is 5.32 Å². The number of hydrogen-bond donors (Lipinski definition) is 1. The Morgan fingerprint density at radius 1 is 1.50 bits per heavy atom. The van der Waals surface area contributed by atoms with Crippen LogP contribution in [0.2, 0.25) is 4.34 Å². The summed E-state index contributed by atoms with van der Waals surface area (Å²) < 4.78 is 0.930. The van der Waals surface area contributed by atoms with Gasteiger partial charge in [0.1, 0.15) is 0 Å². The number of rotatable bonds is 5. The molecule has 18 heavy (non-hydrogen) atoms. The molecule has 1 N–H and O–H groups in total. The average Bonchev–Trinajstić information content (AvgIpc) is 2.77. The quantitative estimate of drug-likeness (QED) is 0.890. The smallest absolute Gasteiger partial charge is 0.0934 e. The maximum Gasteiger partial charge on any atom is 0.0934 e. The van der Waals surface area contributed by atoms with Crippen molar-refractivity contribution in [2.75, 3.05) is 20.6 Å². The summed E-state index contributed by atoms with van der Waals surface area (Å²) in [6, 6.07) is 3.24. The molecular weight excluding hydrogens is 264 g/mol. The van der Waals surface area contributed by atoms with E-state index in [9.17, 15) is 0 Å². The highest BCUT2D eigenvalue weighted by atomic mass is 35.5. The van der Waals surface area contributed by atoms with Crippen LogP contribution in [0.15, 0.2) is 6.07 Å². The Balaban J connectivity index is 1.95. The first-order valence-electron chi connectivity index (χ1n) is 6.67. The lowest BCUT2D eigenvalue weighted by Crippen LogP contribution is -2.42. The molecule has 2 unspecified atom stereocenters. The molecule has 0 radical (unpaired) electrons. The molecule has 0 spiro atoms. The van der Waals surface area contributed by atoms with Crippen molar-refractivity contribution >= 4 is 22.9 Å². The largest absolute Gasteiger partial charge is 0.308 e. The second-order valence-corrected chi connectivity index (χ2v) is 7.47. The minimum absolute atomic E-state index is 0.505. The highest BCUT2D eigenvalue weighted by molar-refractivity contribution is 7.16. The SMILES string of the molecule is CC(C)C(CNC1CCc2sc(Cl)cc21)N(C)C. The molecule has 2 rings (SSSR count). The molecule has 0 fully saturated rings. The summed E-state index contributed by atoms with van der Waals surface area (Å²) in [5.41, 5.74) is 1.44. The zero-order valence-electron chi connectivity index (χ0n) is 11.7. The van der Waals surface area contributed by atoms with E-state index < -0.39 is 0 Å². The van der Waals surface area contributed by atoms with Gasteiger partial charge in [0.05, 0.1) is 4.34 Å². The predicted molar refractivity (Wildman–Crippen MR) is 80.7 cm³/mol. The van der Waals surface area contributed by atoms with E-state index in [1.807, 2.05) is 0 Å². The molecule has 0 saturated carbocycles. The van der Waals surface area contributed by atoms with Gasteiger partial charge in [-0.2, -0.15) is 0 Å². The maximum atomic E-state index is 6.09. The van der Waals surface area contributed by atoms with E-state index in [2.05, 4.69) is 44.2 Å². The van der Waals surface area contributed by atoms with Crippen LogP contribution in [0.1, 0.15) is 36.8 Å². The zero-order valence-corrected chi connectivity index (χ0v) is 13.2. The van der Waals surface area contributed by atoms with Gasteiger partial charge in [0, 0.05) is 23.5 Å². The lowest BCUT2D eigenvalue weighted by atomic mass is 10.0. The van der Waals surface area contributed by atoms with Crippen LogP contribution in [0.4, 0.5) is 0 Å². The van der Waals surface area contributed by atoms with Gasteiger partial charge in [0.25, 0.3) is 0 Å². The summed E-state index contributed by atoms with van der Waals surface area (Å²) >= 11 is 7.83. The monoisotopic (exact) mass is 286 g/mol. The van der Waals surface area contributed by atoms with Crippen molar-refractivity contribution in [1.29, 1.82) is 0 Å². The van der Waals surface area contributed by atoms with Crippen LogP contribution >= 0.6 is 22.9 Å². The summed E-state index contributed by atoms with van der Waals surface area (Å²) in [6.45, 7) is 5.62. The second-order valence-electron chi connectivity index (χ2n) is 5.70. The minimum atomic E-state index is 0.505. The van der Waals surface area contributed by atoms with Gasteiger partial charge in [-0.15, -0.1) is 11.3 Å². The third kappa shape index (κ3) is 3.08. The minimum Gasteiger partial charge on any atom is -0.308 e. The van der Waals surface area contributed by atoms with Crippen LogP contribution in [0.3, 0.4) is 0 Å². The van der Waals surface area contributed by atoms with Crippen LogP contribution in [-0.2, 0) is 6.42 Å². The van der Waals surface area contributed by atoms with Gasteiger partial charge < -0.3 is 10.2 Å². The van der Waals surface area contributed by atoms with Crippen LogP contribution in [0.25, 0.3) is 0 Å². The molecule has 1 heterocycles. The molecule has 102 valence electrons. The van der Waals surface area contributed by atoms with Crippen LogP contribution in [0.5, 0.6) is 0 Å². The van der Waals surface area contributed by atoms with E-state index in [-0.39, 0.29) is 0 Å². The van der Waals surface area contributed by atoms with E-state index in [0.717, 1.165) is 10.9 Å². The van der Waals surface area contributed by atoms with Crippen LogP contribution in [0, 0.1) is 5.92 Å². The molecule has 1 aromatic heterocycles. The van der Waals surface area contributed by atoms with Crippen molar-refractivity contribution in [2.45, 2.75) is 38.8 Å². The molecule has 0 bridgehead atoms. The van der Waals surface area contributed by atoms with E-state index in [4.69, 9.17) is 11.6 Å². The lowest BCUT2D eigenvalue weighted by Gasteiger charge is -2.29. The highest BCUT2D eigenvalue weighted by Gasteiger charge is 2.26. The van der Waals surface area contributed by atoms with Crippen molar-refractivity contribution in [1.82, 2.24) is 10.2 Å². The molecule has 1 aliphatic rings. The standard InChI is InChI=1S/C14H23ClN2S/c1-9(2)12(17(3)4)8-16-11-5-6-13-10(11)7-14(15)18-13/h7,9,11-12,16H,5-6,8H2,1-4H3. The summed E-state index contributed by atoms with van der Waals surface area (Å²) in [6.07, 6.45) is 2.40. The Bertz CT molecular complexity index is 392. The second kappa shape index (κ2) is 5.91. The predicted octanol–water partition coefficient (Wildman–Crippen LogP) is 3.56. The van der Waals surface area contributed by atoms with Crippen molar-refractivity contribution in [3.8, 4) is 0 Å². The Morgan fingerprint density at radius 3 is 2.83 bits per heavy atom. The molecule has 0 amide bonds. The van der Waals surface area contributed by atoms with Gasteiger partial charge >= 0.3 is 0 Å². The number of thiophene rings is 1. The fraction of sp³-hybridized carbons (Fsp3) is 0.714. The van der Waals surface area contributed by atoms with E-state index in [0.29, 0.717) is 18.0 Å². The molecule has 2 atom stereocenters. The van der Waals surface area contributed by atoms with Gasteiger partial charge in [-0.3, -0.25) is 0 Å². The van der Waals surface area contributed by atoms with E-state index in [1.165, 1.54) is 23.3 Å². The molecular formula is C14H23ClN2S. The van der Waals surface area contributed by atoms with Gasteiger partial charge in [0.15, 0.2) is 0 Å². The topological polar surface area (TPSA) is 15.3 Å². The Kier molecular flexibility index (Phi) is 4.70. The Labute approximate surface area is 119 Å². The summed E-state index contributed by atoms with van der Waals surface area (Å²) in [7, 11) is 4.32. The fourth-order valence-electron chi connectivity index (χ4n) is 2.82. The first-order chi connectivity index (χ1) is 8.49. The normalized spacial score (nSPS) is 20.7. The Morgan fingerprint density at radius 2 is 2.22 bits per heavy atom. The van der Waals surface area contributed by atoms with Crippen molar-refractivity contribution in [3.05, 3.63) is 20.8 Å². The molecule has 1 aliphatic carbocycles. The fourth-order valence-corrected chi connectivity index (χ4v) is 4.18. The van der Waals surface area contributed by atoms with Crippen molar-refractivity contribution in [3.63, 3.8) is 0 Å². The van der Waals surface area contributed by atoms with Gasteiger partial charge in [-0.1, -0.05) is 25.4 Å². The van der Waals surface area contributed by atoms with Crippen LogP contribution in [-0.4, -0.2) is 31.6 Å². The van der Waals surface area contributed by atoms with Gasteiger partial charge in [0.2, 0.25) is 0 Å². The summed E-state index contributed by atoms with van der Waals surface area (Å²) in [5, 5.41) is 3.72. The molecule has 0 aromatic carbocycles. The molecule has 0 saturated heterocycles. The number of hydrogen-bond acceptors (Lipinski definition) is 3. The third-order valence-corrected chi connectivity index (χ3v) is 5.19. The number of likely N-dealkylation sites (N-methyl/N-ethyl adjacent to an activating group) is 1. The highest BCUT2D eigenvalue weighted by Crippen LogP contribution is 2.39. The van der Waals surface area contributed by atoms with E-state index in [1.54, 1.807) is 11.3 Å². The molecule has 4 heteroatoms. The van der Waals surface area contributed by atoms with Crippen molar-refractivity contribution < 1.29 is 0 Å². The lowest BCUT2D eigenvalue weighted by molar-refractivity contribution is 0.218. The first kappa shape index (κ1) is 14.3. The maximum absolute atomic E-state index is 6.09. The number of nitrogens with one attached hydrogen (secondary N) is 1. The third-order valence-electron chi connectivity index (χ3n) is 3.85. The molecule has 2 nitrogen and oxygen atoms in total. The van der Waals surface area contributed by atoms with Gasteiger partial charge in [-0.05, 0) is 44.5 Å². The first-order valence-corrected chi connectivity index (χ1v) is 7.86. The number of nitrogens with zero attached hydrogens (tertiary/aromatic N) is 1. The average molecular weight is 287 g/mol. The number of aryl methyl sites for hydroxylation is 1. The van der Waals surface area contributed by atoms with Gasteiger partial charge in [-0.25, -0.2) is 0 Å². The Hall–Kier alpha value is -0.0900. The number of halogens is 1. The zero-order chi connectivity index (χ0) is 13.3. The summed E-state index contributed by atoms with van der Waals surface area (Å²) in [5.74, 6) is 0.666. The van der Waals surface area contributed by atoms with E-state index >= 15 is 0 Å². The molecule has 1 aromatic rings. The number of fused-ring (bicyclic) bond motifs is 1.